The molecule has 0 aromatic carbocycles. The largest absolute Gasteiger partial charge is 0.355 e. The summed E-state index contributed by atoms with van der Waals surface area (Å²) < 4.78 is 0. The highest BCUT2D eigenvalue weighted by atomic mass is 32.2. The molecule has 0 aliphatic carbocycles. The number of amides is 1. The van der Waals surface area contributed by atoms with Gasteiger partial charge < -0.3 is 9.80 Å². The van der Waals surface area contributed by atoms with Crippen molar-refractivity contribution in [3.63, 3.8) is 0 Å². The molecular formula is C13H18N4OS. The SMILES string of the molecule is O=C(C1CCN(c2cnccn2)C1)N1CCSCC1. The fourth-order valence-corrected chi connectivity index (χ4v) is 3.57. The van der Waals surface area contributed by atoms with Gasteiger partial charge in [0.05, 0.1) is 12.1 Å². The number of rotatable bonds is 2. The third kappa shape index (κ3) is 2.83. The van der Waals surface area contributed by atoms with E-state index in [4.69, 9.17) is 0 Å². The van der Waals surface area contributed by atoms with Crippen molar-refractivity contribution in [3.05, 3.63) is 18.6 Å². The molecule has 0 bridgehead atoms. The van der Waals surface area contributed by atoms with Crippen LogP contribution < -0.4 is 4.90 Å². The Labute approximate surface area is 117 Å². The summed E-state index contributed by atoms with van der Waals surface area (Å²) in [7, 11) is 0. The Morgan fingerprint density at radius 1 is 1.26 bits per heavy atom. The molecule has 0 spiro atoms. The minimum Gasteiger partial charge on any atom is -0.355 e. The number of carbonyl (C=O) groups excluding carboxylic acids is 1. The fourth-order valence-electron chi connectivity index (χ4n) is 2.67. The van der Waals surface area contributed by atoms with Gasteiger partial charge >= 0.3 is 0 Å². The Bertz CT molecular complexity index is 436. The Morgan fingerprint density at radius 2 is 2.11 bits per heavy atom. The number of aromatic nitrogens is 2. The van der Waals surface area contributed by atoms with Crippen LogP contribution in [0.2, 0.25) is 0 Å². The molecule has 1 amide bonds. The third-order valence-corrected chi connectivity index (χ3v) is 4.68. The molecule has 2 fully saturated rings. The van der Waals surface area contributed by atoms with E-state index in [1.807, 2.05) is 16.7 Å². The number of carbonyl (C=O) groups is 1. The van der Waals surface area contributed by atoms with Crippen molar-refractivity contribution in [1.29, 1.82) is 0 Å². The Kier molecular flexibility index (Phi) is 3.87. The van der Waals surface area contributed by atoms with Crippen LogP contribution >= 0.6 is 11.8 Å². The van der Waals surface area contributed by atoms with Gasteiger partial charge in [0.1, 0.15) is 5.82 Å². The highest BCUT2D eigenvalue weighted by Crippen LogP contribution is 2.24. The molecule has 0 radical (unpaired) electrons. The zero-order chi connectivity index (χ0) is 13.1. The van der Waals surface area contributed by atoms with Crippen molar-refractivity contribution >= 4 is 23.5 Å². The van der Waals surface area contributed by atoms with Crippen molar-refractivity contribution in [3.8, 4) is 0 Å². The van der Waals surface area contributed by atoms with Gasteiger partial charge in [-0.15, -0.1) is 0 Å². The van der Waals surface area contributed by atoms with E-state index in [1.165, 1.54) is 0 Å². The van der Waals surface area contributed by atoms with E-state index < -0.39 is 0 Å². The first-order chi connectivity index (χ1) is 9.34. The standard InChI is InChI=1S/C13H18N4OS/c18-13(16-5-7-19-8-6-16)11-1-4-17(10-11)12-9-14-2-3-15-12/h2-3,9,11H,1,4-8,10H2. The van der Waals surface area contributed by atoms with E-state index in [1.54, 1.807) is 18.6 Å². The molecule has 2 aliphatic rings. The quantitative estimate of drug-likeness (QED) is 0.804. The van der Waals surface area contributed by atoms with E-state index in [2.05, 4.69) is 14.9 Å². The van der Waals surface area contributed by atoms with E-state index in [9.17, 15) is 4.79 Å². The molecule has 5 nitrogen and oxygen atoms in total. The van der Waals surface area contributed by atoms with E-state index in [-0.39, 0.29) is 5.92 Å². The Hall–Kier alpha value is -1.30. The maximum Gasteiger partial charge on any atom is 0.227 e. The van der Waals surface area contributed by atoms with Gasteiger partial charge in [0.2, 0.25) is 5.91 Å². The lowest BCUT2D eigenvalue weighted by Gasteiger charge is -2.28. The predicted molar refractivity (Wildman–Crippen MR) is 76.3 cm³/mol. The van der Waals surface area contributed by atoms with Gasteiger partial charge in [0.25, 0.3) is 0 Å². The first-order valence-corrected chi connectivity index (χ1v) is 7.87. The highest BCUT2D eigenvalue weighted by molar-refractivity contribution is 7.99. The summed E-state index contributed by atoms with van der Waals surface area (Å²) in [5.74, 6) is 3.49. The van der Waals surface area contributed by atoms with Gasteiger partial charge in [-0.05, 0) is 6.42 Å². The number of anilines is 1. The molecule has 0 N–H and O–H groups in total. The van der Waals surface area contributed by atoms with Gasteiger partial charge in [-0.2, -0.15) is 11.8 Å². The average Bonchev–Trinajstić information content (AvgIpc) is 2.98. The maximum atomic E-state index is 12.4. The second kappa shape index (κ2) is 5.77. The maximum absolute atomic E-state index is 12.4. The van der Waals surface area contributed by atoms with Crippen LogP contribution in [0, 0.1) is 5.92 Å². The van der Waals surface area contributed by atoms with Crippen molar-refractivity contribution in [2.24, 2.45) is 5.92 Å². The highest BCUT2D eigenvalue weighted by Gasteiger charge is 2.32. The van der Waals surface area contributed by atoms with Crippen LogP contribution in [0.3, 0.4) is 0 Å². The lowest BCUT2D eigenvalue weighted by atomic mass is 10.1. The van der Waals surface area contributed by atoms with Crippen LogP contribution in [0.5, 0.6) is 0 Å². The summed E-state index contributed by atoms with van der Waals surface area (Å²) in [6, 6.07) is 0. The zero-order valence-corrected chi connectivity index (χ0v) is 11.7. The number of thioether (sulfide) groups is 1. The molecule has 0 saturated carbocycles. The van der Waals surface area contributed by atoms with Crippen molar-refractivity contribution in [1.82, 2.24) is 14.9 Å². The summed E-state index contributed by atoms with van der Waals surface area (Å²) in [5, 5.41) is 0. The molecule has 1 aromatic heterocycles. The van der Waals surface area contributed by atoms with Gasteiger partial charge in [-0.3, -0.25) is 9.78 Å². The molecule has 1 atom stereocenters. The molecule has 19 heavy (non-hydrogen) atoms. The number of hydrogen-bond donors (Lipinski definition) is 0. The van der Waals surface area contributed by atoms with E-state index in [0.717, 1.165) is 49.9 Å². The lowest BCUT2D eigenvalue weighted by Crippen LogP contribution is -2.42. The van der Waals surface area contributed by atoms with Gasteiger partial charge in [0.15, 0.2) is 0 Å². The molecule has 3 heterocycles. The Morgan fingerprint density at radius 3 is 2.84 bits per heavy atom. The normalized spacial score (nSPS) is 23.7. The molecule has 3 rings (SSSR count). The van der Waals surface area contributed by atoms with Crippen molar-refractivity contribution < 1.29 is 4.79 Å². The van der Waals surface area contributed by atoms with E-state index in [0.29, 0.717) is 5.91 Å². The molecular weight excluding hydrogens is 260 g/mol. The second-order valence-corrected chi connectivity index (χ2v) is 6.16. The predicted octanol–water partition coefficient (Wildman–Crippen LogP) is 0.878. The van der Waals surface area contributed by atoms with Crippen molar-refractivity contribution in [2.75, 3.05) is 42.6 Å². The fraction of sp³-hybridized carbons (Fsp3) is 0.615. The summed E-state index contributed by atoms with van der Waals surface area (Å²) in [4.78, 5) is 25.0. The minimum absolute atomic E-state index is 0.130. The number of nitrogens with zero attached hydrogens (tertiary/aromatic N) is 4. The first-order valence-electron chi connectivity index (χ1n) is 6.72. The summed E-state index contributed by atoms with van der Waals surface area (Å²) in [6.07, 6.45) is 6.07. The van der Waals surface area contributed by atoms with Crippen LogP contribution in [0.1, 0.15) is 6.42 Å². The van der Waals surface area contributed by atoms with Crippen LogP contribution in [0.25, 0.3) is 0 Å². The lowest BCUT2D eigenvalue weighted by molar-refractivity contribution is -0.134. The van der Waals surface area contributed by atoms with Crippen LogP contribution in [-0.2, 0) is 4.79 Å². The summed E-state index contributed by atoms with van der Waals surface area (Å²) >= 11 is 1.93. The first kappa shape index (κ1) is 12.7. The second-order valence-electron chi connectivity index (χ2n) is 4.93. The third-order valence-electron chi connectivity index (χ3n) is 3.73. The molecule has 2 saturated heterocycles. The van der Waals surface area contributed by atoms with Gasteiger partial charge in [-0.25, -0.2) is 4.98 Å². The van der Waals surface area contributed by atoms with E-state index >= 15 is 0 Å². The minimum atomic E-state index is 0.130. The van der Waals surface area contributed by atoms with Crippen LogP contribution in [-0.4, -0.2) is 58.5 Å². The van der Waals surface area contributed by atoms with Crippen LogP contribution in [0.4, 0.5) is 5.82 Å². The molecule has 2 aliphatic heterocycles. The molecule has 6 heteroatoms. The smallest absolute Gasteiger partial charge is 0.227 e. The summed E-state index contributed by atoms with van der Waals surface area (Å²) in [5.41, 5.74) is 0. The zero-order valence-electron chi connectivity index (χ0n) is 10.9. The van der Waals surface area contributed by atoms with Crippen molar-refractivity contribution in [2.45, 2.75) is 6.42 Å². The van der Waals surface area contributed by atoms with Gasteiger partial charge in [-0.1, -0.05) is 0 Å². The number of hydrogen-bond acceptors (Lipinski definition) is 5. The molecule has 102 valence electrons. The molecule has 1 unspecified atom stereocenters. The van der Waals surface area contributed by atoms with Gasteiger partial charge in [0, 0.05) is 50.1 Å². The topological polar surface area (TPSA) is 49.3 Å². The molecule has 1 aromatic rings. The van der Waals surface area contributed by atoms with Crippen LogP contribution in [0.15, 0.2) is 18.6 Å². The summed E-state index contributed by atoms with van der Waals surface area (Å²) in [6.45, 7) is 3.50. The Balaban J connectivity index is 1.61. The monoisotopic (exact) mass is 278 g/mol. The average molecular weight is 278 g/mol.